The first-order valence-corrected chi connectivity index (χ1v) is 7.34. The predicted octanol–water partition coefficient (Wildman–Crippen LogP) is 2.39. The van der Waals surface area contributed by atoms with Crippen LogP contribution in [-0.4, -0.2) is 14.5 Å². The number of sulfonamides is 1. The summed E-state index contributed by atoms with van der Waals surface area (Å²) in [6, 6.07) is 4.33. The normalized spacial score (nSPS) is 12.0. The minimum absolute atomic E-state index is 0.0388. The summed E-state index contributed by atoms with van der Waals surface area (Å²) in [7, 11) is -3.60. The van der Waals surface area contributed by atoms with Gasteiger partial charge in [0.15, 0.2) is 0 Å². The van der Waals surface area contributed by atoms with Crippen LogP contribution in [0.5, 0.6) is 0 Å². The summed E-state index contributed by atoms with van der Waals surface area (Å²) in [4.78, 5) is 0.0388. The predicted molar refractivity (Wildman–Crippen MR) is 70.6 cm³/mol. The number of hydrogen-bond donors (Lipinski definition) is 2. The van der Waals surface area contributed by atoms with E-state index in [1.165, 1.54) is 12.1 Å². The van der Waals surface area contributed by atoms with Crippen molar-refractivity contribution in [1.82, 2.24) is 4.72 Å². The van der Waals surface area contributed by atoms with Gasteiger partial charge in [0.2, 0.25) is 10.0 Å². The summed E-state index contributed by atoms with van der Waals surface area (Å²) in [6.45, 7) is 3.86. The molecule has 0 heterocycles. The maximum Gasteiger partial charge on any atom is 0.242 e. The standard InChI is InChI=1S/C11H17ClN2O2S/c1-3-9(4-2)14-17(15,16)11-7-8(12)5-6-10(11)13/h5-7,9,14H,3-4,13H2,1-2H3. The first kappa shape index (κ1) is 14.3. The summed E-state index contributed by atoms with van der Waals surface area (Å²) in [5.74, 6) is 0. The zero-order valence-electron chi connectivity index (χ0n) is 9.90. The molecule has 6 heteroatoms. The van der Waals surface area contributed by atoms with Gasteiger partial charge in [-0.15, -0.1) is 0 Å². The van der Waals surface area contributed by atoms with Crippen LogP contribution in [-0.2, 0) is 10.0 Å². The molecular formula is C11H17ClN2O2S. The molecule has 0 bridgehead atoms. The number of nitrogens with two attached hydrogens (primary N) is 1. The number of halogens is 1. The van der Waals surface area contributed by atoms with Crippen molar-refractivity contribution in [3.63, 3.8) is 0 Å². The lowest BCUT2D eigenvalue weighted by Crippen LogP contribution is -2.34. The Morgan fingerprint density at radius 1 is 1.35 bits per heavy atom. The molecule has 0 aliphatic carbocycles. The third-order valence-electron chi connectivity index (χ3n) is 2.57. The third kappa shape index (κ3) is 3.59. The lowest BCUT2D eigenvalue weighted by Gasteiger charge is -2.16. The minimum atomic E-state index is -3.60. The fourth-order valence-electron chi connectivity index (χ4n) is 1.48. The highest BCUT2D eigenvalue weighted by molar-refractivity contribution is 7.89. The van der Waals surface area contributed by atoms with Gasteiger partial charge < -0.3 is 5.73 Å². The molecule has 96 valence electrons. The van der Waals surface area contributed by atoms with Crippen LogP contribution in [0.1, 0.15) is 26.7 Å². The van der Waals surface area contributed by atoms with Crippen LogP contribution >= 0.6 is 11.6 Å². The van der Waals surface area contributed by atoms with E-state index in [0.717, 1.165) is 12.8 Å². The molecule has 0 radical (unpaired) electrons. The third-order valence-corrected chi connectivity index (χ3v) is 4.38. The summed E-state index contributed by atoms with van der Waals surface area (Å²) in [5, 5.41) is 0.351. The van der Waals surface area contributed by atoms with Gasteiger partial charge in [0.1, 0.15) is 4.90 Å². The van der Waals surface area contributed by atoms with E-state index in [9.17, 15) is 8.42 Å². The number of nitrogen functional groups attached to an aromatic ring is 1. The molecule has 0 aliphatic heterocycles. The highest BCUT2D eigenvalue weighted by Crippen LogP contribution is 2.23. The lowest BCUT2D eigenvalue weighted by atomic mass is 10.2. The van der Waals surface area contributed by atoms with Crippen molar-refractivity contribution in [2.45, 2.75) is 37.6 Å². The highest BCUT2D eigenvalue weighted by atomic mass is 35.5. The Kier molecular flexibility index (Phi) is 4.80. The summed E-state index contributed by atoms with van der Waals surface area (Å²) in [6.07, 6.45) is 1.46. The van der Waals surface area contributed by atoms with Crippen LogP contribution in [0, 0.1) is 0 Å². The maximum absolute atomic E-state index is 12.1. The van der Waals surface area contributed by atoms with Gasteiger partial charge in [-0.25, -0.2) is 13.1 Å². The Morgan fingerprint density at radius 2 is 1.94 bits per heavy atom. The van der Waals surface area contributed by atoms with Crippen molar-refractivity contribution in [2.75, 3.05) is 5.73 Å². The van der Waals surface area contributed by atoms with E-state index in [1.54, 1.807) is 6.07 Å². The number of benzene rings is 1. The monoisotopic (exact) mass is 276 g/mol. The average Bonchev–Trinajstić information content (AvgIpc) is 2.29. The van der Waals surface area contributed by atoms with E-state index >= 15 is 0 Å². The van der Waals surface area contributed by atoms with Crippen molar-refractivity contribution in [3.05, 3.63) is 23.2 Å². The molecule has 0 saturated carbocycles. The van der Waals surface area contributed by atoms with Crippen LogP contribution in [0.3, 0.4) is 0 Å². The van der Waals surface area contributed by atoms with Crippen molar-refractivity contribution in [1.29, 1.82) is 0 Å². The van der Waals surface area contributed by atoms with Gasteiger partial charge in [0.05, 0.1) is 5.69 Å². The maximum atomic E-state index is 12.1. The van der Waals surface area contributed by atoms with Crippen molar-refractivity contribution >= 4 is 27.3 Å². The van der Waals surface area contributed by atoms with Crippen molar-refractivity contribution in [2.24, 2.45) is 0 Å². The van der Waals surface area contributed by atoms with Crippen molar-refractivity contribution < 1.29 is 8.42 Å². The van der Waals surface area contributed by atoms with E-state index in [2.05, 4.69) is 4.72 Å². The number of rotatable bonds is 5. The molecule has 0 amide bonds. The smallest absolute Gasteiger partial charge is 0.242 e. The Bertz CT molecular complexity index is 484. The topological polar surface area (TPSA) is 72.2 Å². The van der Waals surface area contributed by atoms with Gasteiger partial charge in [-0.2, -0.15) is 0 Å². The Balaban J connectivity index is 3.09. The molecule has 0 fully saturated rings. The average molecular weight is 277 g/mol. The van der Waals surface area contributed by atoms with E-state index in [0.29, 0.717) is 5.02 Å². The van der Waals surface area contributed by atoms with Crippen LogP contribution in [0.4, 0.5) is 5.69 Å². The minimum Gasteiger partial charge on any atom is -0.398 e. The summed E-state index contributed by atoms with van der Waals surface area (Å²) >= 11 is 5.78. The molecular weight excluding hydrogens is 260 g/mol. The Labute approximate surface area is 107 Å². The molecule has 17 heavy (non-hydrogen) atoms. The molecule has 4 nitrogen and oxygen atoms in total. The first-order valence-electron chi connectivity index (χ1n) is 5.48. The molecule has 0 aliphatic rings. The van der Waals surface area contributed by atoms with E-state index < -0.39 is 10.0 Å². The van der Waals surface area contributed by atoms with Crippen molar-refractivity contribution in [3.8, 4) is 0 Å². The van der Waals surface area contributed by atoms with Gasteiger partial charge in [-0.1, -0.05) is 25.4 Å². The molecule has 1 aromatic rings. The lowest BCUT2D eigenvalue weighted by molar-refractivity contribution is 0.530. The zero-order chi connectivity index (χ0) is 13.1. The SMILES string of the molecule is CCC(CC)NS(=O)(=O)c1cc(Cl)ccc1N. The second-order valence-electron chi connectivity index (χ2n) is 3.82. The number of nitrogens with one attached hydrogen (secondary N) is 1. The van der Waals surface area contributed by atoms with Gasteiger partial charge in [0.25, 0.3) is 0 Å². The molecule has 0 spiro atoms. The molecule has 0 aromatic heterocycles. The van der Waals surface area contributed by atoms with E-state index in [-0.39, 0.29) is 16.6 Å². The highest BCUT2D eigenvalue weighted by Gasteiger charge is 2.20. The number of hydrogen-bond acceptors (Lipinski definition) is 3. The molecule has 0 saturated heterocycles. The Morgan fingerprint density at radius 3 is 2.47 bits per heavy atom. The van der Waals surface area contributed by atoms with Gasteiger partial charge in [-0.3, -0.25) is 0 Å². The summed E-state index contributed by atoms with van der Waals surface area (Å²) < 4.78 is 26.8. The first-order chi connectivity index (χ1) is 7.90. The molecule has 0 unspecified atom stereocenters. The largest absolute Gasteiger partial charge is 0.398 e. The second kappa shape index (κ2) is 5.71. The fourth-order valence-corrected chi connectivity index (χ4v) is 3.28. The molecule has 1 rings (SSSR count). The zero-order valence-corrected chi connectivity index (χ0v) is 11.5. The van der Waals surface area contributed by atoms with Gasteiger partial charge >= 0.3 is 0 Å². The molecule has 3 N–H and O–H groups in total. The Hall–Kier alpha value is -0.780. The van der Waals surface area contributed by atoms with Crippen LogP contribution < -0.4 is 10.5 Å². The van der Waals surface area contributed by atoms with Crippen LogP contribution in [0.25, 0.3) is 0 Å². The van der Waals surface area contributed by atoms with Gasteiger partial charge in [0, 0.05) is 11.1 Å². The second-order valence-corrected chi connectivity index (χ2v) is 5.94. The van der Waals surface area contributed by atoms with E-state index in [1.807, 2.05) is 13.8 Å². The quantitative estimate of drug-likeness (QED) is 0.811. The fraction of sp³-hybridized carbons (Fsp3) is 0.455. The molecule has 0 atom stereocenters. The van der Waals surface area contributed by atoms with E-state index in [4.69, 9.17) is 17.3 Å². The number of anilines is 1. The van der Waals surface area contributed by atoms with Crippen LogP contribution in [0.2, 0.25) is 5.02 Å². The summed E-state index contributed by atoms with van der Waals surface area (Å²) in [5.41, 5.74) is 5.86. The van der Waals surface area contributed by atoms with Crippen LogP contribution in [0.15, 0.2) is 23.1 Å². The van der Waals surface area contributed by atoms with Gasteiger partial charge in [-0.05, 0) is 31.0 Å². The molecule has 1 aromatic carbocycles.